The Morgan fingerprint density at radius 1 is 1.12 bits per heavy atom. The summed E-state index contributed by atoms with van der Waals surface area (Å²) in [4.78, 5) is 2.06. The van der Waals surface area contributed by atoms with Crippen LogP contribution in [0.15, 0.2) is 46.0 Å². The van der Waals surface area contributed by atoms with Gasteiger partial charge in [0.25, 0.3) is 10.0 Å². The summed E-state index contributed by atoms with van der Waals surface area (Å²) in [6, 6.07) is 8.95. The zero-order valence-corrected chi connectivity index (χ0v) is 14.3. The second-order valence-electron chi connectivity index (χ2n) is 5.13. The fourth-order valence-electron chi connectivity index (χ4n) is 2.50. The molecule has 0 N–H and O–H groups in total. The lowest BCUT2D eigenvalue weighted by molar-refractivity contribution is 0.122. The standard InChI is InChI=1S/C15H16F2N2O3S2/c16-15(17)19(24(20,21)14-2-1-11-23-14)13-5-3-12(4-6-13)18-7-9-22-10-8-18/h1-6,11,15H,7-10H2. The minimum atomic E-state index is -4.28. The van der Waals surface area contributed by atoms with Gasteiger partial charge in [-0.15, -0.1) is 11.3 Å². The molecule has 0 aliphatic carbocycles. The van der Waals surface area contributed by atoms with Crippen molar-refractivity contribution in [3.63, 3.8) is 0 Å². The molecule has 1 aliphatic heterocycles. The van der Waals surface area contributed by atoms with E-state index in [1.165, 1.54) is 29.6 Å². The maximum absolute atomic E-state index is 13.5. The first-order valence-corrected chi connectivity index (χ1v) is 9.61. The summed E-state index contributed by atoms with van der Waals surface area (Å²) in [6.07, 6.45) is 0. The molecule has 0 radical (unpaired) electrons. The van der Waals surface area contributed by atoms with Gasteiger partial charge in [0.15, 0.2) is 0 Å². The molecule has 0 atom stereocenters. The molecule has 9 heteroatoms. The van der Waals surface area contributed by atoms with E-state index in [1.54, 1.807) is 12.1 Å². The van der Waals surface area contributed by atoms with Crippen molar-refractivity contribution >= 4 is 32.7 Å². The van der Waals surface area contributed by atoms with Gasteiger partial charge in [-0.1, -0.05) is 6.07 Å². The number of alkyl halides is 2. The molecule has 3 rings (SSSR count). The summed E-state index contributed by atoms with van der Waals surface area (Å²) >= 11 is 0.911. The number of hydrogen-bond acceptors (Lipinski definition) is 5. The molecule has 2 heterocycles. The molecule has 0 saturated carbocycles. The maximum atomic E-state index is 13.5. The van der Waals surface area contributed by atoms with Gasteiger partial charge in [-0.3, -0.25) is 0 Å². The molecule has 0 spiro atoms. The number of nitrogens with zero attached hydrogens (tertiary/aromatic N) is 2. The number of anilines is 2. The van der Waals surface area contributed by atoms with E-state index < -0.39 is 16.6 Å². The Labute approximate surface area is 143 Å². The minimum Gasteiger partial charge on any atom is -0.378 e. The predicted octanol–water partition coefficient (Wildman–Crippen LogP) is 3.00. The molecule has 1 aromatic carbocycles. The SMILES string of the molecule is O=S(=O)(c1cccs1)N(c1ccc(N2CCOCC2)cc1)C(F)F. The summed E-state index contributed by atoms with van der Waals surface area (Å²) in [6.45, 7) is -0.516. The van der Waals surface area contributed by atoms with E-state index in [4.69, 9.17) is 4.74 Å². The first-order chi connectivity index (χ1) is 11.5. The van der Waals surface area contributed by atoms with Crippen LogP contribution in [0.2, 0.25) is 0 Å². The molecule has 5 nitrogen and oxygen atoms in total. The van der Waals surface area contributed by atoms with E-state index >= 15 is 0 Å². The number of hydrogen-bond donors (Lipinski definition) is 0. The minimum absolute atomic E-state index is 0.0598. The summed E-state index contributed by atoms with van der Waals surface area (Å²) in [5.41, 5.74) is 0.792. The summed E-state index contributed by atoms with van der Waals surface area (Å²) in [5.74, 6) is 0. The Bertz CT molecular complexity index is 759. The molecule has 1 aromatic heterocycles. The average molecular weight is 374 g/mol. The van der Waals surface area contributed by atoms with Gasteiger partial charge in [-0.2, -0.15) is 8.78 Å². The number of halogens is 2. The van der Waals surface area contributed by atoms with Gasteiger partial charge in [0.1, 0.15) is 4.21 Å². The number of rotatable bonds is 5. The van der Waals surface area contributed by atoms with Gasteiger partial charge in [0, 0.05) is 18.8 Å². The maximum Gasteiger partial charge on any atom is 0.328 e. The highest BCUT2D eigenvalue weighted by atomic mass is 32.2. The summed E-state index contributed by atoms with van der Waals surface area (Å²) in [7, 11) is -4.28. The summed E-state index contributed by atoms with van der Waals surface area (Å²) in [5, 5.41) is 1.54. The molecule has 24 heavy (non-hydrogen) atoms. The van der Waals surface area contributed by atoms with Crippen LogP contribution in [-0.2, 0) is 14.8 Å². The molecular weight excluding hydrogens is 358 g/mol. The van der Waals surface area contributed by atoms with Crippen LogP contribution >= 0.6 is 11.3 Å². The fourth-order valence-corrected chi connectivity index (χ4v) is 4.89. The van der Waals surface area contributed by atoms with Gasteiger partial charge in [-0.05, 0) is 35.7 Å². The second kappa shape index (κ2) is 7.04. The van der Waals surface area contributed by atoms with Crippen molar-refractivity contribution < 1.29 is 21.9 Å². The average Bonchev–Trinajstić information content (AvgIpc) is 3.11. The van der Waals surface area contributed by atoms with Crippen LogP contribution < -0.4 is 9.21 Å². The van der Waals surface area contributed by atoms with Crippen molar-refractivity contribution in [2.45, 2.75) is 10.8 Å². The fraction of sp³-hybridized carbons (Fsp3) is 0.333. The first kappa shape index (κ1) is 17.1. The molecule has 0 unspecified atom stereocenters. The zero-order valence-electron chi connectivity index (χ0n) is 12.6. The number of thiophene rings is 1. The van der Waals surface area contributed by atoms with Crippen molar-refractivity contribution in [3.8, 4) is 0 Å². The van der Waals surface area contributed by atoms with Crippen LogP contribution in [0.4, 0.5) is 20.2 Å². The number of morpholine rings is 1. The van der Waals surface area contributed by atoms with Crippen LogP contribution in [-0.4, -0.2) is 41.3 Å². The van der Waals surface area contributed by atoms with E-state index in [1.807, 2.05) is 0 Å². The van der Waals surface area contributed by atoms with Crippen molar-refractivity contribution in [2.24, 2.45) is 0 Å². The zero-order chi connectivity index (χ0) is 17.2. The van der Waals surface area contributed by atoms with Crippen LogP contribution in [0.5, 0.6) is 0 Å². The second-order valence-corrected chi connectivity index (χ2v) is 8.12. The third-order valence-corrected chi connectivity index (χ3v) is 6.78. The Morgan fingerprint density at radius 3 is 2.33 bits per heavy atom. The smallest absolute Gasteiger partial charge is 0.328 e. The molecule has 1 aliphatic rings. The van der Waals surface area contributed by atoms with Gasteiger partial charge >= 0.3 is 6.55 Å². The molecule has 1 fully saturated rings. The normalized spacial score (nSPS) is 15.7. The quantitative estimate of drug-likeness (QED) is 0.755. The Morgan fingerprint density at radius 2 is 1.79 bits per heavy atom. The van der Waals surface area contributed by atoms with E-state index in [0.29, 0.717) is 26.3 Å². The largest absolute Gasteiger partial charge is 0.378 e. The Balaban J connectivity index is 1.89. The summed E-state index contributed by atoms with van der Waals surface area (Å²) < 4.78 is 57.1. The number of sulfonamides is 1. The third kappa shape index (κ3) is 3.38. The van der Waals surface area contributed by atoms with Crippen molar-refractivity contribution in [2.75, 3.05) is 35.5 Å². The van der Waals surface area contributed by atoms with E-state index in [2.05, 4.69) is 4.90 Å². The first-order valence-electron chi connectivity index (χ1n) is 7.29. The molecule has 130 valence electrons. The molecule has 1 saturated heterocycles. The Kier molecular flexibility index (Phi) is 5.02. The highest BCUT2D eigenvalue weighted by molar-refractivity contribution is 7.94. The van der Waals surface area contributed by atoms with Gasteiger partial charge in [0.2, 0.25) is 0 Å². The van der Waals surface area contributed by atoms with Crippen LogP contribution in [0.25, 0.3) is 0 Å². The van der Waals surface area contributed by atoms with Crippen molar-refractivity contribution in [1.29, 1.82) is 0 Å². The Hall–Kier alpha value is -1.71. The molecular formula is C15H16F2N2O3S2. The van der Waals surface area contributed by atoms with Gasteiger partial charge in [-0.25, -0.2) is 12.7 Å². The highest BCUT2D eigenvalue weighted by Crippen LogP contribution is 2.31. The van der Waals surface area contributed by atoms with Gasteiger partial charge < -0.3 is 9.64 Å². The van der Waals surface area contributed by atoms with Crippen LogP contribution in [0.3, 0.4) is 0 Å². The molecule has 2 aromatic rings. The van der Waals surface area contributed by atoms with E-state index in [0.717, 1.165) is 17.0 Å². The number of ether oxygens (including phenoxy) is 1. The monoisotopic (exact) mass is 374 g/mol. The predicted molar refractivity (Wildman–Crippen MR) is 89.5 cm³/mol. The lowest BCUT2D eigenvalue weighted by Crippen LogP contribution is -2.36. The van der Waals surface area contributed by atoms with E-state index in [-0.39, 0.29) is 14.2 Å². The number of benzene rings is 1. The van der Waals surface area contributed by atoms with Crippen molar-refractivity contribution in [1.82, 2.24) is 0 Å². The van der Waals surface area contributed by atoms with Crippen LogP contribution in [0.1, 0.15) is 0 Å². The van der Waals surface area contributed by atoms with Crippen LogP contribution in [0, 0.1) is 0 Å². The lowest BCUT2D eigenvalue weighted by Gasteiger charge is -2.29. The van der Waals surface area contributed by atoms with Crippen molar-refractivity contribution in [3.05, 3.63) is 41.8 Å². The topological polar surface area (TPSA) is 49.9 Å². The van der Waals surface area contributed by atoms with Gasteiger partial charge in [0.05, 0.1) is 18.9 Å². The molecule has 0 amide bonds. The van der Waals surface area contributed by atoms with E-state index in [9.17, 15) is 17.2 Å². The highest BCUT2D eigenvalue weighted by Gasteiger charge is 2.32. The molecule has 0 bridgehead atoms. The lowest BCUT2D eigenvalue weighted by atomic mass is 10.2. The third-order valence-electron chi connectivity index (χ3n) is 3.67.